The number of halogens is 1. The third kappa shape index (κ3) is 4.92. The van der Waals surface area contributed by atoms with Crippen LogP contribution in [0.5, 0.6) is 0 Å². The molecule has 6 heteroatoms. The summed E-state index contributed by atoms with van der Waals surface area (Å²) in [6.07, 6.45) is 4.00. The van der Waals surface area contributed by atoms with Crippen LogP contribution in [0, 0.1) is 5.92 Å². The Balaban J connectivity index is 1.63. The molecule has 2 fully saturated rings. The molecule has 2 aliphatic rings. The van der Waals surface area contributed by atoms with Crippen molar-refractivity contribution in [2.45, 2.75) is 31.8 Å². The zero-order chi connectivity index (χ0) is 18.5. The van der Waals surface area contributed by atoms with Crippen molar-refractivity contribution >= 4 is 39.5 Å². The monoisotopic (exact) mass is 436 g/mol. The van der Waals surface area contributed by atoms with Crippen molar-refractivity contribution < 1.29 is 9.59 Å². The molecule has 0 radical (unpaired) electrons. The van der Waals surface area contributed by atoms with E-state index in [1.54, 1.807) is 4.90 Å². The summed E-state index contributed by atoms with van der Waals surface area (Å²) in [7, 11) is 0. The van der Waals surface area contributed by atoms with Gasteiger partial charge in [0, 0.05) is 42.5 Å². The predicted octanol–water partition coefficient (Wildman–Crippen LogP) is 3.71. The van der Waals surface area contributed by atoms with Gasteiger partial charge in [-0.1, -0.05) is 34.6 Å². The zero-order valence-electron chi connectivity index (χ0n) is 14.9. The van der Waals surface area contributed by atoms with Gasteiger partial charge < -0.3 is 9.80 Å². The Morgan fingerprint density at radius 1 is 1.31 bits per heavy atom. The molecule has 0 spiro atoms. The highest BCUT2D eigenvalue weighted by atomic mass is 79.9. The van der Waals surface area contributed by atoms with E-state index in [-0.39, 0.29) is 17.7 Å². The first-order valence-corrected chi connectivity index (χ1v) is 11.0. The van der Waals surface area contributed by atoms with Crippen LogP contribution in [-0.4, -0.2) is 52.3 Å². The lowest BCUT2D eigenvalue weighted by Crippen LogP contribution is -2.52. The first-order valence-electron chi connectivity index (χ1n) is 9.10. The third-order valence-electron chi connectivity index (χ3n) is 5.10. The molecular weight excluding hydrogens is 412 g/mol. The average Bonchev–Trinajstić information content (AvgIpc) is 2.62. The summed E-state index contributed by atoms with van der Waals surface area (Å²) < 4.78 is 1.04. The lowest BCUT2D eigenvalue weighted by molar-refractivity contribution is -0.141. The molecule has 3 rings (SSSR count). The predicted molar refractivity (Wildman–Crippen MR) is 110 cm³/mol. The Kier molecular flexibility index (Phi) is 6.81. The molecule has 0 aliphatic carbocycles. The van der Waals surface area contributed by atoms with Gasteiger partial charge in [-0.25, -0.2) is 0 Å². The molecule has 0 atom stereocenters. The quantitative estimate of drug-likeness (QED) is 0.638. The number of amides is 2. The van der Waals surface area contributed by atoms with Crippen LogP contribution in [0.25, 0.3) is 0 Å². The number of thioether (sulfide) groups is 1. The molecule has 4 nitrogen and oxygen atoms in total. The van der Waals surface area contributed by atoms with Crippen molar-refractivity contribution in [3.63, 3.8) is 0 Å². The molecule has 2 saturated heterocycles. The van der Waals surface area contributed by atoms with Gasteiger partial charge >= 0.3 is 0 Å². The van der Waals surface area contributed by atoms with Crippen molar-refractivity contribution in [2.24, 2.45) is 5.92 Å². The lowest BCUT2D eigenvalue weighted by atomic mass is 9.94. The van der Waals surface area contributed by atoms with E-state index in [1.807, 2.05) is 23.9 Å². The van der Waals surface area contributed by atoms with Gasteiger partial charge in [-0.05, 0) is 48.1 Å². The maximum absolute atomic E-state index is 13.1. The lowest BCUT2D eigenvalue weighted by Gasteiger charge is -2.40. The Bertz CT molecular complexity index is 670. The Morgan fingerprint density at radius 2 is 2.04 bits per heavy atom. The number of likely N-dealkylation sites (tertiary alicyclic amines) is 1. The molecule has 1 aromatic carbocycles. The summed E-state index contributed by atoms with van der Waals surface area (Å²) in [5.41, 5.74) is 1.16. The van der Waals surface area contributed by atoms with E-state index in [0.29, 0.717) is 32.1 Å². The number of benzene rings is 1. The number of carbonyl (C=O) groups excluding carboxylic acids is 2. The van der Waals surface area contributed by atoms with Gasteiger partial charge in [0.1, 0.15) is 0 Å². The van der Waals surface area contributed by atoms with Gasteiger partial charge in [-0.2, -0.15) is 11.8 Å². The first kappa shape index (κ1) is 19.5. The van der Waals surface area contributed by atoms with E-state index >= 15 is 0 Å². The van der Waals surface area contributed by atoms with E-state index in [4.69, 9.17) is 0 Å². The molecule has 1 aromatic rings. The maximum atomic E-state index is 13.1. The summed E-state index contributed by atoms with van der Waals surface area (Å²) in [6.45, 7) is 5.52. The van der Waals surface area contributed by atoms with Crippen molar-refractivity contribution in [3.8, 4) is 0 Å². The summed E-state index contributed by atoms with van der Waals surface area (Å²) in [5.74, 6) is 2.70. The van der Waals surface area contributed by atoms with Crippen molar-refractivity contribution in [2.75, 3.05) is 24.6 Å². The fourth-order valence-corrected chi connectivity index (χ4v) is 5.15. The summed E-state index contributed by atoms with van der Waals surface area (Å²) in [5, 5.41) is 0. The fourth-order valence-electron chi connectivity index (χ4n) is 3.62. The van der Waals surface area contributed by atoms with Gasteiger partial charge in [-0.3, -0.25) is 9.59 Å². The van der Waals surface area contributed by atoms with E-state index in [1.165, 1.54) is 6.08 Å². The largest absolute Gasteiger partial charge is 0.338 e. The van der Waals surface area contributed by atoms with Crippen LogP contribution in [0.4, 0.5) is 0 Å². The summed E-state index contributed by atoms with van der Waals surface area (Å²) in [4.78, 5) is 28.5. The molecule has 2 heterocycles. The molecule has 2 amide bonds. The van der Waals surface area contributed by atoms with Crippen molar-refractivity contribution in [3.05, 3.63) is 47.0 Å². The number of hydrogen-bond acceptors (Lipinski definition) is 3. The highest BCUT2D eigenvalue weighted by molar-refractivity contribution is 9.10. The van der Waals surface area contributed by atoms with E-state index in [9.17, 15) is 9.59 Å². The third-order valence-corrected chi connectivity index (χ3v) is 6.64. The smallest absolute Gasteiger partial charge is 0.245 e. The molecule has 0 unspecified atom stereocenters. The van der Waals surface area contributed by atoms with Gasteiger partial charge in [-0.15, -0.1) is 0 Å². The highest BCUT2D eigenvalue weighted by Crippen LogP contribution is 2.27. The minimum Gasteiger partial charge on any atom is -0.338 e. The Hall–Kier alpha value is -1.27. The second-order valence-electron chi connectivity index (χ2n) is 7.01. The minimum atomic E-state index is -0.0380. The van der Waals surface area contributed by atoms with Crippen LogP contribution >= 0.6 is 27.7 Å². The van der Waals surface area contributed by atoms with Crippen molar-refractivity contribution in [1.82, 2.24) is 9.80 Å². The molecule has 140 valence electrons. The zero-order valence-corrected chi connectivity index (χ0v) is 17.3. The highest BCUT2D eigenvalue weighted by Gasteiger charge is 2.34. The van der Waals surface area contributed by atoms with Gasteiger partial charge in [0.05, 0.1) is 0 Å². The fraction of sp³-hybridized carbons (Fsp3) is 0.500. The average molecular weight is 437 g/mol. The summed E-state index contributed by atoms with van der Waals surface area (Å²) >= 11 is 5.49. The van der Waals surface area contributed by atoms with Crippen LogP contribution in [0.3, 0.4) is 0 Å². The van der Waals surface area contributed by atoms with Crippen LogP contribution in [-0.2, 0) is 16.1 Å². The molecule has 26 heavy (non-hydrogen) atoms. The molecule has 0 saturated carbocycles. The second kappa shape index (κ2) is 9.09. The van der Waals surface area contributed by atoms with Crippen molar-refractivity contribution in [1.29, 1.82) is 0 Å². The van der Waals surface area contributed by atoms with E-state index < -0.39 is 0 Å². The number of carbonyl (C=O) groups is 2. The van der Waals surface area contributed by atoms with Gasteiger partial charge in [0.2, 0.25) is 11.8 Å². The van der Waals surface area contributed by atoms with Gasteiger partial charge in [0.15, 0.2) is 0 Å². The van der Waals surface area contributed by atoms with Crippen LogP contribution < -0.4 is 0 Å². The number of nitrogens with zero attached hydrogens (tertiary/aromatic N) is 2. The SMILES string of the molecule is C=CC(=O)N1CC(CC(=O)N(Cc2cccc(Br)c2)C2CCSCC2)C1. The minimum absolute atomic E-state index is 0.0380. The molecule has 0 aromatic heterocycles. The normalized spacial score (nSPS) is 18.3. The van der Waals surface area contributed by atoms with E-state index in [0.717, 1.165) is 34.4 Å². The number of hydrogen-bond donors (Lipinski definition) is 0. The topological polar surface area (TPSA) is 40.6 Å². The van der Waals surface area contributed by atoms with Crippen LogP contribution in [0.15, 0.2) is 41.4 Å². The standard InChI is InChI=1S/C20H25BrN2O2S/c1-2-19(24)22-12-16(13-22)11-20(25)23(18-6-8-26-9-7-18)14-15-4-3-5-17(21)10-15/h2-5,10,16,18H,1,6-9,11-14H2. The molecular formula is C20H25BrN2O2S. The van der Waals surface area contributed by atoms with Crippen LogP contribution in [0.2, 0.25) is 0 Å². The molecule has 0 bridgehead atoms. The first-order chi connectivity index (χ1) is 12.6. The van der Waals surface area contributed by atoms with Crippen LogP contribution in [0.1, 0.15) is 24.8 Å². The maximum Gasteiger partial charge on any atom is 0.245 e. The van der Waals surface area contributed by atoms with E-state index in [2.05, 4.69) is 39.5 Å². The second-order valence-corrected chi connectivity index (χ2v) is 9.15. The molecule has 0 N–H and O–H groups in total. The molecule has 2 aliphatic heterocycles. The Labute approximate surface area is 168 Å². The van der Waals surface area contributed by atoms with Gasteiger partial charge in [0.25, 0.3) is 0 Å². The summed E-state index contributed by atoms with van der Waals surface area (Å²) in [6, 6.07) is 8.52. The number of rotatable bonds is 6. The Morgan fingerprint density at radius 3 is 2.69 bits per heavy atom.